The van der Waals surface area contributed by atoms with E-state index in [1.165, 1.54) is 12.1 Å². The van der Waals surface area contributed by atoms with E-state index in [4.69, 9.17) is 5.73 Å². The van der Waals surface area contributed by atoms with Gasteiger partial charge in [0.2, 0.25) is 0 Å². The van der Waals surface area contributed by atoms with Gasteiger partial charge in [-0.05, 0) is 36.2 Å². The van der Waals surface area contributed by atoms with Crippen LogP contribution in [-0.4, -0.2) is 12.5 Å². The van der Waals surface area contributed by atoms with Gasteiger partial charge in [0.25, 0.3) is 5.91 Å². The zero-order valence-corrected chi connectivity index (χ0v) is 11.3. The first-order chi connectivity index (χ1) is 9.56. The lowest BCUT2D eigenvalue weighted by atomic mass is 10.1. The van der Waals surface area contributed by atoms with Crippen molar-refractivity contribution in [1.29, 1.82) is 0 Å². The molecule has 3 N–H and O–H groups in total. The summed E-state index contributed by atoms with van der Waals surface area (Å²) >= 11 is 0. The Hall–Kier alpha value is -2.20. The summed E-state index contributed by atoms with van der Waals surface area (Å²) in [5.74, 6) is -0.735. The third-order valence-electron chi connectivity index (χ3n) is 3.01. The molecule has 0 spiro atoms. The highest BCUT2D eigenvalue weighted by atomic mass is 19.1. The molecular weight excluding hydrogens is 255 g/mol. The molecule has 3 nitrogen and oxygen atoms in total. The normalized spacial score (nSPS) is 11.9. The Kier molecular flexibility index (Phi) is 4.48. The molecule has 0 saturated heterocycles. The number of nitrogens with two attached hydrogens (primary N) is 1. The summed E-state index contributed by atoms with van der Waals surface area (Å²) in [7, 11) is 0. The van der Waals surface area contributed by atoms with Crippen molar-refractivity contribution < 1.29 is 9.18 Å². The molecule has 0 radical (unpaired) electrons. The fraction of sp³-hybridized carbons (Fsp3) is 0.188. The molecule has 0 aliphatic carbocycles. The van der Waals surface area contributed by atoms with E-state index in [0.717, 1.165) is 5.56 Å². The van der Waals surface area contributed by atoms with Gasteiger partial charge in [-0.15, -0.1) is 0 Å². The lowest BCUT2D eigenvalue weighted by Gasteiger charge is -2.13. The van der Waals surface area contributed by atoms with Crippen molar-refractivity contribution >= 4 is 5.91 Å². The Bertz CT molecular complexity index is 578. The molecule has 0 aliphatic rings. The second-order valence-electron chi connectivity index (χ2n) is 4.74. The largest absolute Gasteiger partial charge is 0.350 e. The van der Waals surface area contributed by atoms with Crippen LogP contribution in [0.2, 0.25) is 0 Å². The number of halogens is 1. The minimum Gasteiger partial charge on any atom is -0.350 e. The minimum atomic E-state index is -0.414. The summed E-state index contributed by atoms with van der Waals surface area (Å²) in [6.07, 6.45) is 0. The zero-order chi connectivity index (χ0) is 14.5. The number of hydrogen-bond acceptors (Lipinski definition) is 2. The summed E-state index contributed by atoms with van der Waals surface area (Å²) in [5.41, 5.74) is 7.96. The molecular formula is C16H17FN2O. The molecule has 20 heavy (non-hydrogen) atoms. The van der Waals surface area contributed by atoms with Crippen LogP contribution < -0.4 is 11.1 Å². The van der Waals surface area contributed by atoms with E-state index in [-0.39, 0.29) is 11.9 Å². The minimum absolute atomic E-state index is 0.283. The van der Waals surface area contributed by atoms with Crippen LogP contribution in [0, 0.1) is 12.7 Å². The number of amides is 1. The molecule has 0 bridgehead atoms. The molecule has 2 aromatic carbocycles. The highest BCUT2D eigenvalue weighted by Crippen LogP contribution is 2.10. The highest BCUT2D eigenvalue weighted by molar-refractivity contribution is 5.94. The first kappa shape index (κ1) is 14.2. The number of nitrogens with one attached hydrogen (secondary N) is 1. The number of aryl methyl sites for hydroxylation is 1. The molecule has 0 aliphatic heterocycles. The lowest BCUT2D eigenvalue weighted by molar-refractivity contribution is 0.0950. The van der Waals surface area contributed by atoms with Gasteiger partial charge in [-0.25, -0.2) is 4.39 Å². The standard InChI is InChI=1S/C16H17FN2O/c1-11-7-13(9-14(17)8-11)16(20)19-10-15(18)12-5-3-2-4-6-12/h2-9,15H,10,18H2,1H3,(H,19,20). The molecule has 2 aromatic rings. The van der Waals surface area contributed by atoms with E-state index in [2.05, 4.69) is 5.32 Å². The monoisotopic (exact) mass is 272 g/mol. The van der Waals surface area contributed by atoms with Gasteiger partial charge in [0.05, 0.1) is 0 Å². The van der Waals surface area contributed by atoms with Gasteiger partial charge in [0.1, 0.15) is 5.82 Å². The fourth-order valence-electron chi connectivity index (χ4n) is 1.99. The third kappa shape index (κ3) is 3.65. The van der Waals surface area contributed by atoms with Gasteiger partial charge >= 0.3 is 0 Å². The Morgan fingerprint density at radius 2 is 1.95 bits per heavy atom. The van der Waals surface area contributed by atoms with Crippen LogP contribution in [0.5, 0.6) is 0 Å². The van der Waals surface area contributed by atoms with E-state index in [0.29, 0.717) is 17.7 Å². The van der Waals surface area contributed by atoms with E-state index in [9.17, 15) is 9.18 Å². The maximum Gasteiger partial charge on any atom is 0.251 e. The number of carbonyl (C=O) groups is 1. The number of carbonyl (C=O) groups excluding carboxylic acids is 1. The van der Waals surface area contributed by atoms with Gasteiger partial charge in [0, 0.05) is 18.2 Å². The Morgan fingerprint density at radius 1 is 1.25 bits per heavy atom. The van der Waals surface area contributed by atoms with Crippen LogP contribution in [0.1, 0.15) is 27.5 Å². The molecule has 4 heteroatoms. The first-order valence-corrected chi connectivity index (χ1v) is 6.42. The Morgan fingerprint density at radius 3 is 2.60 bits per heavy atom. The quantitative estimate of drug-likeness (QED) is 0.898. The van der Waals surface area contributed by atoms with E-state index in [1.807, 2.05) is 30.3 Å². The predicted molar refractivity (Wildman–Crippen MR) is 76.8 cm³/mol. The van der Waals surface area contributed by atoms with Gasteiger partial charge in [-0.2, -0.15) is 0 Å². The van der Waals surface area contributed by atoms with Crippen LogP contribution in [0.4, 0.5) is 4.39 Å². The van der Waals surface area contributed by atoms with Gasteiger partial charge in [0.15, 0.2) is 0 Å². The average molecular weight is 272 g/mol. The molecule has 0 heterocycles. The van der Waals surface area contributed by atoms with Crippen LogP contribution in [0.3, 0.4) is 0 Å². The predicted octanol–water partition coefficient (Wildman–Crippen LogP) is 2.56. The van der Waals surface area contributed by atoms with Crippen molar-refractivity contribution in [2.24, 2.45) is 5.73 Å². The molecule has 0 fully saturated rings. The number of benzene rings is 2. The van der Waals surface area contributed by atoms with Crippen molar-refractivity contribution in [2.45, 2.75) is 13.0 Å². The Labute approximate surface area is 117 Å². The van der Waals surface area contributed by atoms with Crippen molar-refractivity contribution in [3.63, 3.8) is 0 Å². The SMILES string of the molecule is Cc1cc(F)cc(C(=O)NCC(N)c2ccccc2)c1. The zero-order valence-electron chi connectivity index (χ0n) is 11.3. The van der Waals surface area contributed by atoms with Crippen LogP contribution >= 0.6 is 0 Å². The maximum atomic E-state index is 13.2. The summed E-state index contributed by atoms with van der Waals surface area (Å²) in [4.78, 5) is 12.0. The van der Waals surface area contributed by atoms with Crippen molar-refractivity contribution in [3.8, 4) is 0 Å². The fourth-order valence-corrected chi connectivity index (χ4v) is 1.99. The second kappa shape index (κ2) is 6.30. The molecule has 1 unspecified atom stereocenters. The molecule has 104 valence electrons. The van der Waals surface area contributed by atoms with Crippen molar-refractivity contribution in [1.82, 2.24) is 5.32 Å². The summed E-state index contributed by atoms with van der Waals surface area (Å²) in [6.45, 7) is 2.05. The summed E-state index contributed by atoms with van der Waals surface area (Å²) < 4.78 is 13.2. The van der Waals surface area contributed by atoms with Crippen LogP contribution in [0.15, 0.2) is 48.5 Å². The average Bonchev–Trinajstić information content (AvgIpc) is 2.44. The third-order valence-corrected chi connectivity index (χ3v) is 3.01. The smallest absolute Gasteiger partial charge is 0.251 e. The summed E-state index contributed by atoms with van der Waals surface area (Å²) in [5, 5.41) is 2.72. The van der Waals surface area contributed by atoms with Gasteiger partial charge < -0.3 is 11.1 Å². The van der Waals surface area contributed by atoms with Crippen molar-refractivity contribution in [2.75, 3.05) is 6.54 Å². The van der Waals surface area contributed by atoms with Crippen LogP contribution in [0.25, 0.3) is 0 Å². The van der Waals surface area contributed by atoms with E-state index >= 15 is 0 Å². The maximum absolute atomic E-state index is 13.2. The molecule has 0 saturated carbocycles. The molecule has 1 amide bonds. The second-order valence-corrected chi connectivity index (χ2v) is 4.74. The van der Waals surface area contributed by atoms with Gasteiger partial charge in [-0.1, -0.05) is 30.3 Å². The topological polar surface area (TPSA) is 55.1 Å². The van der Waals surface area contributed by atoms with E-state index in [1.54, 1.807) is 13.0 Å². The lowest BCUT2D eigenvalue weighted by Crippen LogP contribution is -2.32. The molecule has 1 atom stereocenters. The van der Waals surface area contributed by atoms with E-state index < -0.39 is 5.82 Å². The number of rotatable bonds is 4. The van der Waals surface area contributed by atoms with Crippen LogP contribution in [-0.2, 0) is 0 Å². The highest BCUT2D eigenvalue weighted by Gasteiger charge is 2.10. The van der Waals surface area contributed by atoms with Gasteiger partial charge in [-0.3, -0.25) is 4.79 Å². The first-order valence-electron chi connectivity index (χ1n) is 6.42. The Balaban J connectivity index is 1.98. The van der Waals surface area contributed by atoms with Crippen molar-refractivity contribution in [3.05, 3.63) is 71.0 Å². The molecule has 2 rings (SSSR count). The molecule has 0 aromatic heterocycles. The number of hydrogen-bond donors (Lipinski definition) is 2. The summed E-state index contributed by atoms with van der Waals surface area (Å²) in [6, 6.07) is 13.5.